The number of hydrogen-bond acceptors (Lipinski definition) is 7. The maximum atomic E-state index is 10.6. The smallest absolute Gasteiger partial charge is 0.231 e. The summed E-state index contributed by atoms with van der Waals surface area (Å²) < 4.78 is 27.5. The van der Waals surface area contributed by atoms with Gasteiger partial charge in [-0.3, -0.25) is 0 Å². The van der Waals surface area contributed by atoms with E-state index >= 15 is 0 Å². The van der Waals surface area contributed by atoms with Gasteiger partial charge in [-0.2, -0.15) is 0 Å². The number of aliphatic hydroxyl groups is 2. The fraction of sp³-hybridized carbons (Fsp3) is 0.400. The van der Waals surface area contributed by atoms with E-state index in [0.29, 0.717) is 57.4 Å². The minimum absolute atomic E-state index is 0.121. The first kappa shape index (κ1) is 19.1. The van der Waals surface area contributed by atoms with Crippen LogP contribution in [0.1, 0.15) is 30.6 Å². The maximum Gasteiger partial charge on any atom is 0.231 e. The van der Waals surface area contributed by atoms with Crippen LogP contribution in [0.25, 0.3) is 11.1 Å². The second-order valence-corrected chi connectivity index (χ2v) is 6.05. The second kappa shape index (κ2) is 7.94. The standard InChI is InChI=1S/C20H24O7/c1-5-14(22)12-7-15-16(27-10-26-15)8-13(12)18-11(9-21)6-17(23-2)19(24-3)20(18)25-4/h6-8,14,21-22H,5,9-10H2,1-4H3/t14-/m0/s1. The number of rotatable bonds is 7. The van der Waals surface area contributed by atoms with Crippen molar-refractivity contribution < 1.29 is 33.9 Å². The van der Waals surface area contributed by atoms with E-state index in [1.807, 2.05) is 6.92 Å². The SMILES string of the molecule is CC[C@H](O)c1cc2c(cc1-c1c(CO)cc(OC)c(OC)c1OC)OCO2. The van der Waals surface area contributed by atoms with Crippen LogP contribution >= 0.6 is 0 Å². The molecule has 27 heavy (non-hydrogen) atoms. The largest absolute Gasteiger partial charge is 0.493 e. The van der Waals surface area contributed by atoms with Gasteiger partial charge in [0.05, 0.1) is 34.0 Å². The van der Waals surface area contributed by atoms with Gasteiger partial charge in [0.15, 0.2) is 23.0 Å². The molecule has 1 atom stereocenters. The van der Waals surface area contributed by atoms with Gasteiger partial charge >= 0.3 is 0 Å². The molecule has 0 radical (unpaired) electrons. The van der Waals surface area contributed by atoms with Gasteiger partial charge in [0, 0.05) is 5.56 Å². The Bertz CT molecular complexity index is 832. The average molecular weight is 376 g/mol. The number of benzene rings is 2. The van der Waals surface area contributed by atoms with E-state index < -0.39 is 6.10 Å². The molecular weight excluding hydrogens is 352 g/mol. The lowest BCUT2D eigenvalue weighted by atomic mass is 9.90. The summed E-state index contributed by atoms with van der Waals surface area (Å²) in [6.45, 7) is 1.76. The number of fused-ring (bicyclic) bond motifs is 1. The van der Waals surface area contributed by atoms with Crippen molar-refractivity contribution in [2.24, 2.45) is 0 Å². The Kier molecular flexibility index (Phi) is 5.62. The van der Waals surface area contributed by atoms with Gasteiger partial charge < -0.3 is 33.9 Å². The molecule has 7 nitrogen and oxygen atoms in total. The van der Waals surface area contributed by atoms with Gasteiger partial charge in [-0.05, 0) is 41.3 Å². The van der Waals surface area contributed by atoms with E-state index in [1.54, 1.807) is 18.2 Å². The Hall–Kier alpha value is -2.64. The minimum Gasteiger partial charge on any atom is -0.493 e. The first-order chi connectivity index (χ1) is 13.1. The molecule has 0 bridgehead atoms. The Morgan fingerprint density at radius 1 is 1.00 bits per heavy atom. The quantitative estimate of drug-likeness (QED) is 0.768. The minimum atomic E-state index is -0.723. The van der Waals surface area contributed by atoms with Crippen LogP contribution in [0.2, 0.25) is 0 Å². The predicted octanol–water partition coefficient (Wildman–Crippen LogP) is 3.04. The highest BCUT2D eigenvalue weighted by molar-refractivity contribution is 5.83. The van der Waals surface area contributed by atoms with E-state index in [9.17, 15) is 10.2 Å². The summed E-state index contributed by atoms with van der Waals surface area (Å²) in [6.07, 6.45) is -0.213. The molecule has 146 valence electrons. The van der Waals surface area contributed by atoms with Crippen molar-refractivity contribution in [3.63, 3.8) is 0 Å². The summed E-state index contributed by atoms with van der Waals surface area (Å²) in [5.41, 5.74) is 2.52. The second-order valence-electron chi connectivity index (χ2n) is 6.05. The molecule has 7 heteroatoms. The number of methoxy groups -OCH3 is 3. The molecule has 1 aliphatic rings. The molecule has 0 saturated carbocycles. The first-order valence-electron chi connectivity index (χ1n) is 8.64. The molecular formula is C20H24O7. The third kappa shape index (κ3) is 3.24. The van der Waals surface area contributed by atoms with E-state index in [0.717, 1.165) is 0 Å². The van der Waals surface area contributed by atoms with Crippen LogP contribution in [0.15, 0.2) is 18.2 Å². The van der Waals surface area contributed by atoms with Crippen molar-refractivity contribution in [3.8, 4) is 39.9 Å². The monoisotopic (exact) mass is 376 g/mol. The lowest BCUT2D eigenvalue weighted by Crippen LogP contribution is -2.04. The lowest BCUT2D eigenvalue weighted by molar-refractivity contribution is 0.170. The molecule has 2 N–H and O–H groups in total. The highest BCUT2D eigenvalue weighted by atomic mass is 16.7. The van der Waals surface area contributed by atoms with Gasteiger partial charge in [-0.15, -0.1) is 0 Å². The molecule has 2 aromatic rings. The van der Waals surface area contributed by atoms with E-state index in [4.69, 9.17) is 23.7 Å². The van der Waals surface area contributed by atoms with Gasteiger partial charge in [-0.25, -0.2) is 0 Å². The number of ether oxygens (including phenoxy) is 5. The molecule has 3 rings (SSSR count). The zero-order valence-electron chi connectivity index (χ0n) is 15.9. The van der Waals surface area contributed by atoms with Crippen LogP contribution in [-0.4, -0.2) is 38.3 Å². The molecule has 2 aromatic carbocycles. The molecule has 1 aliphatic heterocycles. The number of hydrogen-bond donors (Lipinski definition) is 2. The van der Waals surface area contributed by atoms with E-state index in [1.165, 1.54) is 21.3 Å². The maximum absolute atomic E-state index is 10.6. The molecule has 0 unspecified atom stereocenters. The molecule has 0 aromatic heterocycles. The van der Waals surface area contributed by atoms with Gasteiger partial charge in [0.2, 0.25) is 12.5 Å². The Labute approximate surface area is 158 Å². The van der Waals surface area contributed by atoms with E-state index in [-0.39, 0.29) is 13.4 Å². The molecule has 0 fully saturated rings. The summed E-state index contributed by atoms with van der Waals surface area (Å²) in [5.74, 6) is 2.40. The topological polar surface area (TPSA) is 86.6 Å². The van der Waals surface area contributed by atoms with Crippen molar-refractivity contribution >= 4 is 0 Å². The van der Waals surface area contributed by atoms with Gasteiger partial charge in [0.25, 0.3) is 0 Å². The molecule has 0 amide bonds. The average Bonchev–Trinajstić information content (AvgIpc) is 3.17. The molecule has 1 heterocycles. The van der Waals surface area contributed by atoms with Gasteiger partial charge in [0.1, 0.15) is 0 Å². The Morgan fingerprint density at radius 2 is 1.67 bits per heavy atom. The highest BCUT2D eigenvalue weighted by Gasteiger charge is 2.27. The summed E-state index contributed by atoms with van der Waals surface area (Å²) in [4.78, 5) is 0. The Balaban J connectivity index is 2.36. The normalized spacial score (nSPS) is 13.4. The predicted molar refractivity (Wildman–Crippen MR) is 98.8 cm³/mol. The zero-order chi connectivity index (χ0) is 19.6. The summed E-state index contributed by atoms with van der Waals surface area (Å²) >= 11 is 0. The zero-order valence-corrected chi connectivity index (χ0v) is 15.9. The van der Waals surface area contributed by atoms with Crippen LogP contribution in [0, 0.1) is 0 Å². The lowest BCUT2D eigenvalue weighted by Gasteiger charge is -2.22. The third-order valence-electron chi connectivity index (χ3n) is 4.64. The highest BCUT2D eigenvalue weighted by Crippen LogP contribution is 2.50. The van der Waals surface area contributed by atoms with Crippen LogP contribution in [-0.2, 0) is 6.61 Å². The van der Waals surface area contributed by atoms with Crippen molar-refractivity contribution in [2.45, 2.75) is 26.1 Å². The Morgan fingerprint density at radius 3 is 2.22 bits per heavy atom. The van der Waals surface area contributed by atoms with E-state index in [2.05, 4.69) is 0 Å². The van der Waals surface area contributed by atoms with Crippen molar-refractivity contribution in [1.82, 2.24) is 0 Å². The van der Waals surface area contributed by atoms with Crippen molar-refractivity contribution in [1.29, 1.82) is 0 Å². The van der Waals surface area contributed by atoms with Crippen LogP contribution in [0.5, 0.6) is 28.7 Å². The van der Waals surface area contributed by atoms with Crippen LogP contribution in [0.4, 0.5) is 0 Å². The van der Waals surface area contributed by atoms with Crippen LogP contribution < -0.4 is 23.7 Å². The van der Waals surface area contributed by atoms with Crippen LogP contribution in [0.3, 0.4) is 0 Å². The van der Waals surface area contributed by atoms with Crippen molar-refractivity contribution in [3.05, 3.63) is 29.3 Å². The molecule has 0 saturated heterocycles. The molecule has 0 aliphatic carbocycles. The summed E-state index contributed by atoms with van der Waals surface area (Å²) in [7, 11) is 4.56. The fourth-order valence-corrected chi connectivity index (χ4v) is 3.30. The molecule has 0 spiro atoms. The third-order valence-corrected chi connectivity index (χ3v) is 4.64. The number of aliphatic hydroxyl groups excluding tert-OH is 2. The van der Waals surface area contributed by atoms with Crippen molar-refractivity contribution in [2.75, 3.05) is 28.1 Å². The fourth-order valence-electron chi connectivity index (χ4n) is 3.30. The van der Waals surface area contributed by atoms with Gasteiger partial charge in [-0.1, -0.05) is 6.92 Å². The first-order valence-corrected chi connectivity index (χ1v) is 8.64. The summed E-state index contributed by atoms with van der Waals surface area (Å²) in [6, 6.07) is 5.26. The summed E-state index contributed by atoms with van der Waals surface area (Å²) in [5, 5.41) is 20.6.